The minimum Gasteiger partial charge on any atom is -0.275 e. The van der Waals surface area contributed by atoms with E-state index in [9.17, 15) is 0 Å². The van der Waals surface area contributed by atoms with Gasteiger partial charge < -0.3 is 0 Å². The predicted octanol–water partition coefficient (Wildman–Crippen LogP) is 6.66. The van der Waals surface area contributed by atoms with E-state index in [0.717, 1.165) is 0 Å². The average molecular weight is 496 g/mol. The molecule has 4 aromatic carbocycles. The summed E-state index contributed by atoms with van der Waals surface area (Å²) in [5, 5.41) is 5.92. The van der Waals surface area contributed by atoms with Gasteiger partial charge in [0.1, 0.15) is 0 Å². The van der Waals surface area contributed by atoms with Crippen LogP contribution in [-0.2, 0) is 0 Å². The van der Waals surface area contributed by atoms with Crippen molar-refractivity contribution in [2.24, 2.45) is 5.92 Å². The average Bonchev–Trinajstić information content (AvgIpc) is 3.40. The second kappa shape index (κ2) is 11.6. The first-order chi connectivity index (χ1) is 17.2. The molecule has 1 unspecified atom stereocenters. The third-order valence-corrected chi connectivity index (χ3v) is 13.0. The van der Waals surface area contributed by atoms with E-state index in [-0.39, 0.29) is 0 Å². The number of hydrogen-bond donors (Lipinski definition) is 0. The summed E-state index contributed by atoms with van der Waals surface area (Å²) in [5.74, 6) is 0.684. The first-order valence-electron chi connectivity index (χ1n) is 12.8. The highest BCUT2D eigenvalue weighted by Crippen LogP contribution is 2.53. The zero-order valence-electron chi connectivity index (χ0n) is 20.7. The summed E-state index contributed by atoms with van der Waals surface area (Å²) in [6.07, 6.45) is 3.98. The lowest BCUT2D eigenvalue weighted by Crippen LogP contribution is -2.40. The maximum atomic E-state index is 2.71. The van der Waals surface area contributed by atoms with Gasteiger partial charge in [-0.15, -0.1) is 0 Å². The Morgan fingerprint density at radius 3 is 1.43 bits per heavy atom. The van der Waals surface area contributed by atoms with Gasteiger partial charge in [0.15, 0.2) is 0 Å². The second-order valence-electron chi connectivity index (χ2n) is 9.50. The Kier molecular flexibility index (Phi) is 8.10. The highest BCUT2D eigenvalue weighted by Gasteiger charge is 2.40. The molecule has 0 bridgehead atoms. The van der Waals surface area contributed by atoms with Gasteiger partial charge in [0.25, 0.3) is 0 Å². The molecular formula is C32H35NP2. The van der Waals surface area contributed by atoms with Crippen molar-refractivity contribution in [2.75, 3.05) is 7.05 Å². The fourth-order valence-electron chi connectivity index (χ4n) is 5.67. The maximum Gasteiger partial charge on any atom is 0.0281 e. The highest BCUT2D eigenvalue weighted by atomic mass is 31.1. The van der Waals surface area contributed by atoms with Crippen molar-refractivity contribution in [3.05, 3.63) is 121 Å². The lowest BCUT2D eigenvalue weighted by atomic mass is 10.00. The van der Waals surface area contributed by atoms with E-state index >= 15 is 0 Å². The molecule has 0 aliphatic heterocycles. The molecule has 3 atom stereocenters. The van der Waals surface area contributed by atoms with E-state index in [1.54, 1.807) is 0 Å². The lowest BCUT2D eigenvalue weighted by Gasteiger charge is -2.40. The van der Waals surface area contributed by atoms with Crippen LogP contribution in [0.5, 0.6) is 0 Å². The number of benzene rings is 4. The quantitative estimate of drug-likeness (QED) is 0.247. The largest absolute Gasteiger partial charge is 0.275 e. The van der Waals surface area contributed by atoms with E-state index in [1.165, 1.54) is 40.5 Å². The molecule has 3 heteroatoms. The molecule has 1 saturated carbocycles. The molecule has 0 radical (unpaired) electrons. The first kappa shape index (κ1) is 24.4. The normalized spacial score (nSPS) is 18.9. The van der Waals surface area contributed by atoms with Crippen molar-refractivity contribution in [3.63, 3.8) is 0 Å². The van der Waals surface area contributed by atoms with Gasteiger partial charge >= 0.3 is 0 Å². The third-order valence-electron chi connectivity index (χ3n) is 7.46. The summed E-state index contributed by atoms with van der Waals surface area (Å²) in [6.45, 7) is 2.49. The number of rotatable bonds is 8. The van der Waals surface area contributed by atoms with Gasteiger partial charge in [0, 0.05) is 14.1 Å². The molecule has 1 aliphatic carbocycles. The van der Waals surface area contributed by atoms with Crippen molar-refractivity contribution >= 4 is 37.2 Å². The first-order valence-corrected chi connectivity index (χ1v) is 15.5. The Hall–Kier alpha value is -2.30. The Balaban J connectivity index is 1.49. The van der Waals surface area contributed by atoms with Crippen LogP contribution in [0.4, 0.5) is 0 Å². The Bertz CT molecular complexity index is 1090. The lowest BCUT2D eigenvalue weighted by molar-refractivity contribution is 0.308. The Morgan fingerprint density at radius 1 is 0.600 bits per heavy atom. The molecule has 4 aromatic rings. The van der Waals surface area contributed by atoms with Gasteiger partial charge in [0.05, 0.1) is 0 Å². The molecule has 1 fully saturated rings. The maximum absolute atomic E-state index is 2.71. The number of nitrogens with zero attached hydrogens (tertiary/aromatic N) is 1. The van der Waals surface area contributed by atoms with Crippen LogP contribution in [0, 0.1) is 5.92 Å². The van der Waals surface area contributed by atoms with Crippen molar-refractivity contribution in [1.29, 1.82) is 0 Å². The van der Waals surface area contributed by atoms with E-state index in [0.29, 0.717) is 17.6 Å². The fourth-order valence-corrected chi connectivity index (χ4v) is 11.4. The number of hydrogen-bond acceptors (Lipinski definition) is 1. The summed E-state index contributed by atoms with van der Waals surface area (Å²) in [7, 11) is 1.40. The Labute approximate surface area is 213 Å². The smallest absolute Gasteiger partial charge is 0.0281 e. The van der Waals surface area contributed by atoms with Gasteiger partial charge in [-0.1, -0.05) is 128 Å². The molecule has 0 aromatic heterocycles. The fraction of sp³-hybridized carbons (Fsp3) is 0.250. The highest BCUT2D eigenvalue weighted by molar-refractivity contribution is 7.73. The SMILES string of the molecule is C[C@H]([C@@H]1CCCC1P(c1ccccc1)c1ccccc1)N(C)P(c1ccccc1)c1ccccc1. The van der Waals surface area contributed by atoms with E-state index in [1.807, 2.05) is 0 Å². The Morgan fingerprint density at radius 2 is 1.00 bits per heavy atom. The van der Waals surface area contributed by atoms with Crippen LogP contribution >= 0.6 is 16.0 Å². The van der Waals surface area contributed by atoms with E-state index in [4.69, 9.17) is 0 Å². The molecule has 35 heavy (non-hydrogen) atoms. The minimum atomic E-state index is -0.574. The minimum absolute atomic E-state index is 0.396. The van der Waals surface area contributed by atoms with Crippen LogP contribution in [0.2, 0.25) is 0 Å². The molecule has 0 amide bonds. The molecule has 178 valence electrons. The van der Waals surface area contributed by atoms with Crippen LogP contribution < -0.4 is 21.2 Å². The predicted molar refractivity (Wildman–Crippen MR) is 156 cm³/mol. The molecule has 1 nitrogen and oxygen atoms in total. The monoisotopic (exact) mass is 495 g/mol. The molecule has 0 spiro atoms. The van der Waals surface area contributed by atoms with Crippen LogP contribution in [0.25, 0.3) is 0 Å². The molecular weight excluding hydrogens is 460 g/mol. The zero-order valence-corrected chi connectivity index (χ0v) is 22.5. The van der Waals surface area contributed by atoms with Crippen molar-refractivity contribution in [1.82, 2.24) is 4.67 Å². The van der Waals surface area contributed by atoms with Crippen molar-refractivity contribution < 1.29 is 0 Å². The summed E-state index contributed by atoms with van der Waals surface area (Å²) in [4.78, 5) is 0. The van der Waals surface area contributed by atoms with Crippen molar-refractivity contribution in [2.45, 2.75) is 37.9 Å². The zero-order chi connectivity index (χ0) is 24.0. The van der Waals surface area contributed by atoms with Crippen LogP contribution in [0.15, 0.2) is 121 Å². The molecule has 0 saturated heterocycles. The standard InChI is InChI=1S/C32H35NP2/c1-26(33(2)35(29-20-11-5-12-21-29)30-22-13-6-14-23-30)31-24-15-25-32(31)34(27-16-7-3-8-17-27)28-18-9-4-10-19-28/h3-14,16-23,26,31-32H,15,24-25H2,1-2H3/t26-,31+,32?/m1/s1. The van der Waals surface area contributed by atoms with Gasteiger partial charge in [-0.25, -0.2) is 0 Å². The molecule has 0 N–H and O–H groups in total. The van der Waals surface area contributed by atoms with Crippen LogP contribution in [-0.4, -0.2) is 23.4 Å². The molecule has 1 aliphatic rings. The summed E-state index contributed by atoms with van der Waals surface area (Å²) in [6, 6.07) is 45.4. The van der Waals surface area contributed by atoms with Crippen LogP contribution in [0.3, 0.4) is 0 Å². The molecule has 5 rings (SSSR count). The summed E-state index contributed by atoms with van der Waals surface area (Å²) < 4.78 is 2.71. The van der Waals surface area contributed by atoms with E-state index < -0.39 is 16.0 Å². The van der Waals surface area contributed by atoms with Crippen LogP contribution in [0.1, 0.15) is 26.2 Å². The van der Waals surface area contributed by atoms with Gasteiger partial charge in [-0.05, 0) is 67.5 Å². The van der Waals surface area contributed by atoms with E-state index in [2.05, 4.69) is 140 Å². The van der Waals surface area contributed by atoms with Crippen molar-refractivity contribution in [3.8, 4) is 0 Å². The summed E-state index contributed by atoms with van der Waals surface area (Å²) >= 11 is 0. The second-order valence-corrected chi connectivity index (χ2v) is 14.2. The van der Waals surface area contributed by atoms with Gasteiger partial charge in [0.2, 0.25) is 0 Å². The molecule has 0 heterocycles. The summed E-state index contributed by atoms with van der Waals surface area (Å²) in [5.41, 5.74) is 0.704. The van der Waals surface area contributed by atoms with Gasteiger partial charge in [-0.3, -0.25) is 4.67 Å². The van der Waals surface area contributed by atoms with Gasteiger partial charge in [-0.2, -0.15) is 0 Å². The topological polar surface area (TPSA) is 3.24 Å². The third kappa shape index (κ3) is 5.44.